The molecule has 0 radical (unpaired) electrons. The molecule has 0 bridgehead atoms. The van der Waals surface area contributed by atoms with Crippen LogP contribution in [0.3, 0.4) is 0 Å². The fourth-order valence-electron chi connectivity index (χ4n) is 3.77. The Morgan fingerprint density at radius 3 is 2.45 bits per heavy atom. The van der Waals surface area contributed by atoms with Crippen LogP contribution < -0.4 is 5.32 Å². The standard InChI is InChI=1S/C24H24N2O2S/c27-23(21-10-8-20(9-11-21)19-6-2-1-3-7-19)25-15-18-5-4-13-26(16-18)24(28)22-12-14-29-17-22/h1-3,6-12,14,17-18H,4-5,13,15-16H2,(H,25,27)/t18-/m1/s1. The number of hydrogen-bond donors (Lipinski definition) is 1. The highest BCUT2D eigenvalue weighted by atomic mass is 32.1. The molecular formula is C24H24N2O2S. The van der Waals surface area contributed by atoms with E-state index in [1.807, 2.05) is 64.2 Å². The van der Waals surface area contributed by atoms with Crippen molar-refractivity contribution < 1.29 is 9.59 Å². The van der Waals surface area contributed by atoms with E-state index in [-0.39, 0.29) is 11.8 Å². The molecule has 3 aromatic rings. The summed E-state index contributed by atoms with van der Waals surface area (Å²) in [7, 11) is 0. The molecule has 0 aliphatic carbocycles. The van der Waals surface area contributed by atoms with Gasteiger partial charge in [-0.25, -0.2) is 0 Å². The van der Waals surface area contributed by atoms with Crippen LogP contribution in [0.25, 0.3) is 11.1 Å². The van der Waals surface area contributed by atoms with Crippen molar-refractivity contribution >= 4 is 23.2 Å². The number of thiophene rings is 1. The van der Waals surface area contributed by atoms with Gasteiger partial charge in [0, 0.05) is 30.6 Å². The minimum Gasteiger partial charge on any atom is -0.352 e. The molecule has 148 valence electrons. The number of nitrogens with one attached hydrogen (secondary N) is 1. The molecule has 1 saturated heterocycles. The lowest BCUT2D eigenvalue weighted by molar-refractivity contribution is 0.0671. The monoisotopic (exact) mass is 404 g/mol. The van der Waals surface area contributed by atoms with E-state index in [1.165, 1.54) is 11.3 Å². The van der Waals surface area contributed by atoms with Gasteiger partial charge in [0.05, 0.1) is 5.56 Å². The van der Waals surface area contributed by atoms with Gasteiger partial charge in [-0.3, -0.25) is 9.59 Å². The van der Waals surface area contributed by atoms with Crippen molar-refractivity contribution in [3.05, 3.63) is 82.6 Å². The van der Waals surface area contributed by atoms with Gasteiger partial charge in [-0.2, -0.15) is 11.3 Å². The zero-order chi connectivity index (χ0) is 20.1. The first-order valence-electron chi connectivity index (χ1n) is 9.96. The summed E-state index contributed by atoms with van der Waals surface area (Å²) in [5, 5.41) is 6.87. The Bertz CT molecular complexity index is 952. The van der Waals surface area contributed by atoms with Crippen molar-refractivity contribution in [2.75, 3.05) is 19.6 Å². The van der Waals surface area contributed by atoms with Gasteiger partial charge < -0.3 is 10.2 Å². The maximum absolute atomic E-state index is 12.6. The minimum absolute atomic E-state index is 0.0640. The van der Waals surface area contributed by atoms with Gasteiger partial charge in [-0.15, -0.1) is 0 Å². The van der Waals surface area contributed by atoms with Crippen molar-refractivity contribution in [2.24, 2.45) is 5.92 Å². The number of carbonyl (C=O) groups excluding carboxylic acids is 2. The van der Waals surface area contributed by atoms with E-state index >= 15 is 0 Å². The molecular weight excluding hydrogens is 380 g/mol. The van der Waals surface area contributed by atoms with Crippen LogP contribution in [0.4, 0.5) is 0 Å². The van der Waals surface area contributed by atoms with Crippen molar-refractivity contribution in [3.63, 3.8) is 0 Å². The van der Waals surface area contributed by atoms with E-state index in [9.17, 15) is 9.59 Å². The van der Waals surface area contributed by atoms with Crippen molar-refractivity contribution in [2.45, 2.75) is 12.8 Å². The van der Waals surface area contributed by atoms with Crippen molar-refractivity contribution in [3.8, 4) is 11.1 Å². The molecule has 0 saturated carbocycles. The lowest BCUT2D eigenvalue weighted by Gasteiger charge is -2.32. The SMILES string of the molecule is O=C(NC[C@H]1CCCN(C(=O)c2ccsc2)C1)c1ccc(-c2ccccc2)cc1. The Balaban J connectivity index is 1.31. The predicted molar refractivity (Wildman–Crippen MR) is 117 cm³/mol. The van der Waals surface area contributed by atoms with E-state index in [0.29, 0.717) is 24.6 Å². The third-order valence-corrected chi connectivity index (χ3v) is 6.06. The number of nitrogens with zero attached hydrogens (tertiary/aromatic N) is 1. The molecule has 1 aliphatic heterocycles. The summed E-state index contributed by atoms with van der Waals surface area (Å²) < 4.78 is 0. The molecule has 1 atom stereocenters. The average Bonchev–Trinajstić information content (AvgIpc) is 3.33. The first kappa shape index (κ1) is 19.4. The number of piperidine rings is 1. The molecule has 0 spiro atoms. The van der Waals surface area contributed by atoms with Crippen LogP contribution in [0.2, 0.25) is 0 Å². The molecule has 5 heteroatoms. The summed E-state index contributed by atoms with van der Waals surface area (Å²) in [5.74, 6) is 0.323. The van der Waals surface area contributed by atoms with E-state index in [2.05, 4.69) is 17.4 Å². The molecule has 0 unspecified atom stereocenters. The molecule has 1 aromatic heterocycles. The van der Waals surface area contributed by atoms with Gasteiger partial charge >= 0.3 is 0 Å². The fraction of sp³-hybridized carbons (Fsp3) is 0.250. The normalized spacial score (nSPS) is 16.4. The fourth-order valence-corrected chi connectivity index (χ4v) is 4.40. The van der Waals surface area contributed by atoms with E-state index in [0.717, 1.165) is 36.1 Å². The number of rotatable bonds is 5. The smallest absolute Gasteiger partial charge is 0.254 e. The van der Waals surface area contributed by atoms with Crippen LogP contribution in [-0.4, -0.2) is 36.3 Å². The second-order valence-electron chi connectivity index (χ2n) is 7.42. The number of amides is 2. The van der Waals surface area contributed by atoms with Crippen LogP contribution in [0.5, 0.6) is 0 Å². The van der Waals surface area contributed by atoms with Gasteiger partial charge in [-0.1, -0.05) is 42.5 Å². The highest BCUT2D eigenvalue weighted by molar-refractivity contribution is 7.08. The lowest BCUT2D eigenvalue weighted by Crippen LogP contribution is -2.43. The minimum atomic E-state index is -0.0640. The Morgan fingerprint density at radius 2 is 1.72 bits per heavy atom. The van der Waals surface area contributed by atoms with Gasteiger partial charge in [-0.05, 0) is 53.5 Å². The molecule has 1 aliphatic rings. The van der Waals surface area contributed by atoms with Gasteiger partial charge in [0.2, 0.25) is 0 Å². The first-order valence-corrected chi connectivity index (χ1v) is 10.9. The van der Waals surface area contributed by atoms with Crippen molar-refractivity contribution in [1.82, 2.24) is 10.2 Å². The van der Waals surface area contributed by atoms with Crippen LogP contribution in [0.15, 0.2) is 71.4 Å². The van der Waals surface area contributed by atoms with Crippen LogP contribution in [0.1, 0.15) is 33.6 Å². The zero-order valence-corrected chi connectivity index (χ0v) is 17.0. The van der Waals surface area contributed by atoms with Crippen LogP contribution >= 0.6 is 11.3 Å². The molecule has 2 aromatic carbocycles. The number of hydrogen-bond acceptors (Lipinski definition) is 3. The second kappa shape index (κ2) is 9.05. The average molecular weight is 405 g/mol. The summed E-state index contributed by atoms with van der Waals surface area (Å²) >= 11 is 1.54. The molecule has 29 heavy (non-hydrogen) atoms. The largest absolute Gasteiger partial charge is 0.352 e. The molecule has 2 amide bonds. The maximum atomic E-state index is 12.6. The highest BCUT2D eigenvalue weighted by Crippen LogP contribution is 2.21. The quantitative estimate of drug-likeness (QED) is 0.670. The lowest BCUT2D eigenvalue weighted by atomic mass is 9.97. The Morgan fingerprint density at radius 1 is 0.966 bits per heavy atom. The second-order valence-corrected chi connectivity index (χ2v) is 8.20. The Hall–Kier alpha value is -2.92. The van der Waals surface area contributed by atoms with Gasteiger partial charge in [0.1, 0.15) is 0 Å². The number of likely N-dealkylation sites (tertiary alicyclic amines) is 1. The summed E-state index contributed by atoms with van der Waals surface area (Å²) in [6.07, 6.45) is 2.00. The molecule has 1 fully saturated rings. The van der Waals surface area contributed by atoms with E-state index in [4.69, 9.17) is 0 Å². The summed E-state index contributed by atoms with van der Waals surface area (Å²) in [5.41, 5.74) is 3.65. The summed E-state index contributed by atoms with van der Waals surface area (Å²) in [4.78, 5) is 27.0. The third kappa shape index (κ3) is 4.74. The third-order valence-electron chi connectivity index (χ3n) is 5.38. The zero-order valence-electron chi connectivity index (χ0n) is 16.2. The molecule has 4 rings (SSSR count). The number of carbonyl (C=O) groups is 2. The van der Waals surface area contributed by atoms with Gasteiger partial charge in [0.15, 0.2) is 0 Å². The summed E-state index contributed by atoms with van der Waals surface area (Å²) in [6.45, 7) is 2.08. The van der Waals surface area contributed by atoms with E-state index < -0.39 is 0 Å². The first-order chi connectivity index (χ1) is 14.2. The predicted octanol–water partition coefficient (Wildman–Crippen LogP) is 4.70. The molecule has 2 heterocycles. The Kier molecular flexibility index (Phi) is 6.06. The Labute approximate surface area is 175 Å². The van der Waals surface area contributed by atoms with Crippen molar-refractivity contribution in [1.29, 1.82) is 0 Å². The maximum Gasteiger partial charge on any atom is 0.254 e. The van der Waals surface area contributed by atoms with Gasteiger partial charge in [0.25, 0.3) is 11.8 Å². The number of benzene rings is 2. The summed E-state index contributed by atoms with van der Waals surface area (Å²) in [6, 6.07) is 19.7. The molecule has 4 nitrogen and oxygen atoms in total. The van der Waals surface area contributed by atoms with Crippen LogP contribution in [0, 0.1) is 5.92 Å². The topological polar surface area (TPSA) is 49.4 Å². The van der Waals surface area contributed by atoms with E-state index in [1.54, 1.807) is 0 Å². The van der Waals surface area contributed by atoms with Crippen LogP contribution in [-0.2, 0) is 0 Å². The highest BCUT2D eigenvalue weighted by Gasteiger charge is 2.25. The molecule has 1 N–H and O–H groups in total.